The van der Waals surface area contributed by atoms with Crippen molar-refractivity contribution in [3.05, 3.63) is 0 Å². The summed E-state index contributed by atoms with van der Waals surface area (Å²) in [5, 5.41) is 11.6. The summed E-state index contributed by atoms with van der Waals surface area (Å²) in [5.74, 6) is 0. The Morgan fingerprint density at radius 3 is 2.41 bits per heavy atom. The quantitative estimate of drug-likeness (QED) is 0.834. The van der Waals surface area contributed by atoms with Crippen molar-refractivity contribution in [2.24, 2.45) is 5.41 Å². The van der Waals surface area contributed by atoms with Gasteiger partial charge in [0, 0.05) is 12.6 Å². The van der Waals surface area contributed by atoms with Crippen molar-refractivity contribution in [2.45, 2.75) is 77.7 Å². The lowest BCUT2D eigenvalue weighted by Crippen LogP contribution is -2.53. The zero-order valence-corrected chi connectivity index (χ0v) is 13.7. The molecule has 3 unspecified atom stereocenters. The van der Waals surface area contributed by atoms with E-state index in [1.165, 1.54) is 4.90 Å². The number of hydrogen-bond donors (Lipinski definition) is 2. The summed E-state index contributed by atoms with van der Waals surface area (Å²) in [6, 6.07) is -2.73. The molecule has 1 fully saturated rings. The van der Waals surface area contributed by atoms with Crippen molar-refractivity contribution in [1.29, 1.82) is 0 Å². The molecule has 0 aromatic rings. The zero-order valence-electron chi connectivity index (χ0n) is 13.7. The molecule has 1 saturated heterocycles. The van der Waals surface area contributed by atoms with Crippen molar-refractivity contribution >= 4 is 6.03 Å². The fraction of sp³-hybridized carbons (Fsp3) is 0.933. The molecule has 7 heteroatoms. The molecule has 2 N–H and O–H groups in total. The van der Waals surface area contributed by atoms with Crippen LogP contribution in [0, 0.1) is 5.41 Å². The van der Waals surface area contributed by atoms with Crippen molar-refractivity contribution in [3.63, 3.8) is 0 Å². The first-order valence-corrected chi connectivity index (χ1v) is 7.72. The standard InChI is InChI=1S/C15H27F3N2O2/c1-10(21)8-11-6-5-7-20(11)13(22)19-12(15(16,17)18)9-14(2,3)4/h10-12,21H,5-9H2,1-4H3,(H,19,22). The summed E-state index contributed by atoms with van der Waals surface area (Å²) in [6.07, 6.45) is -3.36. The molecule has 0 radical (unpaired) electrons. The molecule has 1 rings (SSSR count). The highest BCUT2D eigenvalue weighted by Gasteiger charge is 2.44. The highest BCUT2D eigenvalue weighted by atomic mass is 19.4. The molecule has 0 saturated carbocycles. The first kappa shape index (κ1) is 19.1. The molecule has 1 heterocycles. The number of alkyl halides is 3. The Morgan fingerprint density at radius 2 is 1.95 bits per heavy atom. The van der Waals surface area contributed by atoms with E-state index in [9.17, 15) is 23.1 Å². The van der Waals surface area contributed by atoms with Gasteiger partial charge in [0.1, 0.15) is 6.04 Å². The lowest BCUT2D eigenvalue weighted by molar-refractivity contribution is -0.159. The molecule has 0 spiro atoms. The maximum Gasteiger partial charge on any atom is 0.408 e. The van der Waals surface area contributed by atoms with Crippen LogP contribution in [-0.2, 0) is 0 Å². The second-order valence-electron chi connectivity index (χ2n) is 7.38. The van der Waals surface area contributed by atoms with E-state index >= 15 is 0 Å². The first-order valence-electron chi connectivity index (χ1n) is 7.72. The number of nitrogens with one attached hydrogen (secondary N) is 1. The van der Waals surface area contributed by atoms with E-state index in [0.717, 1.165) is 6.42 Å². The summed E-state index contributed by atoms with van der Waals surface area (Å²) in [5.41, 5.74) is -0.544. The van der Waals surface area contributed by atoms with Gasteiger partial charge in [-0.15, -0.1) is 0 Å². The molecule has 3 atom stereocenters. The molecule has 22 heavy (non-hydrogen) atoms. The number of aliphatic hydroxyl groups is 1. The average molecular weight is 324 g/mol. The van der Waals surface area contributed by atoms with Gasteiger partial charge in [-0.3, -0.25) is 0 Å². The van der Waals surface area contributed by atoms with Crippen molar-refractivity contribution in [2.75, 3.05) is 6.54 Å². The number of urea groups is 1. The van der Waals surface area contributed by atoms with Gasteiger partial charge >= 0.3 is 12.2 Å². The third-order valence-corrected chi connectivity index (χ3v) is 3.76. The molecule has 2 amide bonds. The lowest BCUT2D eigenvalue weighted by atomic mass is 9.88. The maximum atomic E-state index is 13.1. The first-order chi connectivity index (χ1) is 9.90. The van der Waals surface area contributed by atoms with E-state index < -0.39 is 29.8 Å². The second-order valence-corrected chi connectivity index (χ2v) is 7.38. The number of hydrogen-bond acceptors (Lipinski definition) is 2. The van der Waals surface area contributed by atoms with E-state index in [2.05, 4.69) is 5.32 Å². The van der Waals surface area contributed by atoms with E-state index in [1.54, 1.807) is 27.7 Å². The Hall–Kier alpha value is -0.980. The molecule has 0 aromatic heterocycles. The highest BCUT2D eigenvalue weighted by Crippen LogP contribution is 2.31. The number of carbonyl (C=O) groups excluding carboxylic acids is 1. The molecule has 130 valence electrons. The minimum absolute atomic E-state index is 0.169. The zero-order chi connectivity index (χ0) is 17.1. The third kappa shape index (κ3) is 6.02. The Labute approximate surface area is 130 Å². The van der Waals surface area contributed by atoms with Crippen molar-refractivity contribution in [3.8, 4) is 0 Å². The Kier molecular flexibility index (Phi) is 6.12. The molecule has 0 aliphatic carbocycles. The van der Waals surface area contributed by atoms with Gasteiger partial charge in [-0.05, 0) is 38.0 Å². The molecule has 1 aliphatic rings. The van der Waals surface area contributed by atoms with E-state index in [-0.39, 0.29) is 12.5 Å². The predicted octanol–water partition coefficient (Wildman–Crippen LogP) is 3.30. The van der Waals surface area contributed by atoms with Crippen LogP contribution in [-0.4, -0.2) is 46.9 Å². The molecular formula is C15H27F3N2O2. The average Bonchev–Trinajstić information content (AvgIpc) is 2.72. The Bertz CT molecular complexity index is 378. The summed E-state index contributed by atoms with van der Waals surface area (Å²) in [4.78, 5) is 13.6. The van der Waals surface area contributed by atoms with E-state index in [1.807, 2.05) is 0 Å². The molecule has 0 aromatic carbocycles. The molecule has 4 nitrogen and oxygen atoms in total. The van der Waals surface area contributed by atoms with Crippen LogP contribution in [0.25, 0.3) is 0 Å². The Morgan fingerprint density at radius 1 is 1.36 bits per heavy atom. The number of halogens is 3. The number of likely N-dealkylation sites (tertiary alicyclic amines) is 1. The van der Waals surface area contributed by atoms with Crippen LogP contribution < -0.4 is 5.32 Å². The van der Waals surface area contributed by atoms with Gasteiger partial charge < -0.3 is 15.3 Å². The fourth-order valence-electron chi connectivity index (χ4n) is 2.83. The van der Waals surface area contributed by atoms with Crippen LogP contribution in [0.5, 0.6) is 0 Å². The van der Waals surface area contributed by atoms with Gasteiger partial charge in [0.15, 0.2) is 0 Å². The number of rotatable bonds is 4. The van der Waals surface area contributed by atoms with E-state index in [4.69, 9.17) is 0 Å². The third-order valence-electron chi connectivity index (χ3n) is 3.76. The molecule has 1 aliphatic heterocycles. The van der Waals surface area contributed by atoms with Crippen molar-refractivity contribution in [1.82, 2.24) is 10.2 Å². The largest absolute Gasteiger partial charge is 0.408 e. The fourth-order valence-corrected chi connectivity index (χ4v) is 2.83. The predicted molar refractivity (Wildman–Crippen MR) is 78.5 cm³/mol. The number of carbonyl (C=O) groups is 1. The van der Waals surface area contributed by atoms with Crippen LogP contribution in [0.15, 0.2) is 0 Å². The maximum absolute atomic E-state index is 13.1. The van der Waals surface area contributed by atoms with Gasteiger partial charge in [-0.2, -0.15) is 13.2 Å². The van der Waals surface area contributed by atoms with Crippen LogP contribution >= 0.6 is 0 Å². The smallest absolute Gasteiger partial charge is 0.393 e. The SMILES string of the molecule is CC(O)CC1CCCN1C(=O)NC(CC(C)(C)C)C(F)(F)F. The van der Waals surface area contributed by atoms with Gasteiger partial charge in [-0.25, -0.2) is 4.79 Å². The summed E-state index contributed by atoms with van der Waals surface area (Å²) < 4.78 is 39.4. The highest BCUT2D eigenvalue weighted by molar-refractivity contribution is 5.75. The second kappa shape index (κ2) is 7.06. The van der Waals surface area contributed by atoms with Gasteiger partial charge in [0.25, 0.3) is 0 Å². The monoisotopic (exact) mass is 324 g/mol. The number of nitrogens with zero attached hydrogens (tertiary/aromatic N) is 1. The van der Waals surface area contributed by atoms with Crippen LogP contribution in [0.2, 0.25) is 0 Å². The number of amides is 2. The minimum atomic E-state index is -4.47. The van der Waals surface area contributed by atoms with Gasteiger partial charge in [0.05, 0.1) is 6.10 Å². The minimum Gasteiger partial charge on any atom is -0.393 e. The van der Waals surface area contributed by atoms with E-state index in [0.29, 0.717) is 19.4 Å². The van der Waals surface area contributed by atoms with Crippen LogP contribution in [0.3, 0.4) is 0 Å². The molecular weight excluding hydrogens is 297 g/mol. The van der Waals surface area contributed by atoms with Crippen LogP contribution in [0.1, 0.15) is 53.4 Å². The summed E-state index contributed by atoms with van der Waals surface area (Å²) in [6.45, 7) is 7.19. The molecule has 0 bridgehead atoms. The summed E-state index contributed by atoms with van der Waals surface area (Å²) >= 11 is 0. The normalized spacial score (nSPS) is 22.5. The lowest BCUT2D eigenvalue weighted by Gasteiger charge is -2.32. The van der Waals surface area contributed by atoms with Crippen molar-refractivity contribution < 1.29 is 23.1 Å². The topological polar surface area (TPSA) is 52.6 Å². The summed E-state index contributed by atoms with van der Waals surface area (Å²) in [7, 11) is 0. The van der Waals surface area contributed by atoms with Gasteiger partial charge in [0.2, 0.25) is 0 Å². The van der Waals surface area contributed by atoms with Crippen LogP contribution in [0.4, 0.5) is 18.0 Å². The number of aliphatic hydroxyl groups excluding tert-OH is 1. The Balaban J connectivity index is 2.74. The van der Waals surface area contributed by atoms with Gasteiger partial charge in [-0.1, -0.05) is 20.8 Å².